The highest BCUT2D eigenvalue weighted by Crippen LogP contribution is 2.56. The third-order valence-corrected chi connectivity index (χ3v) is 10.9. The highest BCUT2D eigenvalue weighted by atomic mass is 35.5. The van der Waals surface area contributed by atoms with Crippen LogP contribution in [0, 0.1) is 11.3 Å². The lowest BCUT2D eigenvalue weighted by molar-refractivity contribution is -0.147. The van der Waals surface area contributed by atoms with E-state index in [-0.39, 0.29) is 18.4 Å². The Morgan fingerprint density at radius 2 is 1.74 bits per heavy atom. The predicted molar refractivity (Wildman–Crippen MR) is 141 cm³/mol. The van der Waals surface area contributed by atoms with E-state index < -0.39 is 68.1 Å². The third kappa shape index (κ3) is 6.23. The molecule has 0 spiro atoms. The molecule has 212 valence electrons. The Kier molecular flexibility index (Phi) is 8.06. The smallest absolute Gasteiger partial charge is 0.402 e. The highest BCUT2D eigenvalue weighted by Gasteiger charge is 2.60. The second-order valence-electron chi connectivity index (χ2n) is 10.8. The second kappa shape index (κ2) is 10.6. The van der Waals surface area contributed by atoms with Crippen molar-refractivity contribution in [3.05, 3.63) is 69.7 Å². The molecule has 0 unspecified atom stereocenters. The van der Waals surface area contributed by atoms with Crippen molar-refractivity contribution in [3.8, 4) is 0 Å². The molecule has 1 aliphatic heterocycles. The molecule has 2 fully saturated rings. The lowest BCUT2D eigenvalue weighted by Crippen LogP contribution is -2.57. The molecule has 2 N–H and O–H groups in total. The first-order chi connectivity index (χ1) is 18.1. The van der Waals surface area contributed by atoms with Crippen molar-refractivity contribution in [1.82, 2.24) is 5.32 Å². The van der Waals surface area contributed by atoms with Crippen molar-refractivity contribution in [3.63, 3.8) is 0 Å². The maximum absolute atomic E-state index is 13.8. The summed E-state index contributed by atoms with van der Waals surface area (Å²) >= 11 is 12.3. The Labute approximate surface area is 234 Å². The van der Waals surface area contributed by atoms with Gasteiger partial charge in [-0.15, -0.1) is 0 Å². The molecule has 12 heteroatoms. The maximum Gasteiger partial charge on any atom is 0.402 e. The van der Waals surface area contributed by atoms with Crippen molar-refractivity contribution in [2.24, 2.45) is 11.3 Å². The zero-order chi connectivity index (χ0) is 28.8. The van der Waals surface area contributed by atoms with Crippen LogP contribution in [0.25, 0.3) is 0 Å². The number of sulfone groups is 1. The van der Waals surface area contributed by atoms with E-state index in [0.717, 1.165) is 0 Å². The number of carboxylic acid groups (broad SMARTS) is 1. The molecule has 6 nitrogen and oxygen atoms in total. The maximum atomic E-state index is 13.8. The van der Waals surface area contributed by atoms with Crippen molar-refractivity contribution in [1.29, 1.82) is 0 Å². The van der Waals surface area contributed by atoms with E-state index in [4.69, 9.17) is 23.2 Å². The van der Waals surface area contributed by atoms with Crippen molar-refractivity contribution >= 4 is 44.9 Å². The van der Waals surface area contributed by atoms with Gasteiger partial charge in [0.15, 0.2) is 9.84 Å². The van der Waals surface area contributed by atoms with E-state index in [1.54, 1.807) is 24.3 Å². The van der Waals surface area contributed by atoms with Gasteiger partial charge in [-0.3, -0.25) is 9.59 Å². The Morgan fingerprint density at radius 3 is 2.28 bits per heavy atom. The zero-order valence-corrected chi connectivity index (χ0v) is 23.3. The first-order valence-electron chi connectivity index (χ1n) is 12.4. The van der Waals surface area contributed by atoms with Crippen LogP contribution in [0.2, 0.25) is 10.0 Å². The molecule has 0 radical (unpaired) electrons. The van der Waals surface area contributed by atoms with Gasteiger partial charge in [0.2, 0.25) is 5.91 Å². The van der Waals surface area contributed by atoms with Crippen LogP contribution >= 0.6 is 23.2 Å². The Morgan fingerprint density at radius 1 is 1.10 bits per heavy atom. The number of carboxylic acids is 1. The molecule has 0 aromatic heterocycles. The lowest BCUT2D eigenvalue weighted by Gasteiger charge is -2.46. The minimum absolute atomic E-state index is 0.0385. The number of rotatable bonds is 9. The topological polar surface area (TPSA) is 101 Å². The summed E-state index contributed by atoms with van der Waals surface area (Å²) in [6.07, 6.45) is -4.94. The average Bonchev–Trinajstić information content (AvgIpc) is 3.64. The van der Waals surface area contributed by atoms with E-state index >= 15 is 0 Å². The SMILES string of the molecule is C[C@@]1(CC(=O)O)C[C@H](c2cccc(Cl)c2)[C@H](C[C@@](c2ccc(Cl)cc2)(C2CC2)S(=O)(=O)CC(F)(F)F)NC1=O. The minimum Gasteiger partial charge on any atom is -0.481 e. The fourth-order valence-corrected chi connectivity index (χ4v) is 8.65. The number of hydrogen-bond donors (Lipinski definition) is 2. The van der Waals surface area contributed by atoms with Crippen LogP contribution in [0.5, 0.6) is 0 Å². The van der Waals surface area contributed by atoms with Gasteiger partial charge in [-0.1, -0.05) is 54.4 Å². The van der Waals surface area contributed by atoms with Gasteiger partial charge < -0.3 is 10.4 Å². The normalized spacial score (nSPS) is 25.5. The number of carbonyl (C=O) groups excluding carboxylic acids is 1. The summed E-state index contributed by atoms with van der Waals surface area (Å²) < 4.78 is 66.6. The van der Waals surface area contributed by atoms with Crippen LogP contribution in [0.4, 0.5) is 13.2 Å². The van der Waals surface area contributed by atoms with Gasteiger partial charge in [0, 0.05) is 22.0 Å². The first kappa shape index (κ1) is 29.7. The number of nitrogens with one attached hydrogen (secondary N) is 1. The van der Waals surface area contributed by atoms with Crippen LogP contribution in [0.15, 0.2) is 48.5 Å². The van der Waals surface area contributed by atoms with Crippen LogP contribution in [-0.2, 0) is 24.2 Å². The number of carbonyl (C=O) groups is 2. The van der Waals surface area contributed by atoms with Gasteiger partial charge in [0.1, 0.15) is 10.5 Å². The molecule has 1 saturated carbocycles. The number of aliphatic carboxylic acids is 1. The molecular formula is C27H28Cl2F3NO5S. The molecule has 1 heterocycles. The molecule has 2 aliphatic rings. The van der Waals surface area contributed by atoms with E-state index in [1.807, 2.05) is 0 Å². The summed E-state index contributed by atoms with van der Waals surface area (Å²) in [7, 11) is -4.86. The Balaban J connectivity index is 1.87. The lowest BCUT2D eigenvalue weighted by atomic mass is 9.67. The number of amides is 1. The van der Waals surface area contributed by atoms with E-state index in [9.17, 15) is 36.3 Å². The van der Waals surface area contributed by atoms with Gasteiger partial charge in [0.05, 0.1) is 11.8 Å². The summed E-state index contributed by atoms with van der Waals surface area (Å²) in [6, 6.07) is 11.5. The van der Waals surface area contributed by atoms with Crippen LogP contribution < -0.4 is 5.32 Å². The molecule has 1 saturated heterocycles. The van der Waals surface area contributed by atoms with Crippen LogP contribution in [0.3, 0.4) is 0 Å². The summed E-state index contributed by atoms with van der Waals surface area (Å²) in [5.41, 5.74) is -0.530. The summed E-state index contributed by atoms with van der Waals surface area (Å²) in [5, 5.41) is 13.0. The fourth-order valence-electron chi connectivity index (χ4n) is 5.96. The summed E-state index contributed by atoms with van der Waals surface area (Å²) in [4.78, 5) is 24.9. The van der Waals surface area contributed by atoms with Gasteiger partial charge in [0.25, 0.3) is 0 Å². The van der Waals surface area contributed by atoms with Gasteiger partial charge in [-0.05, 0) is 67.0 Å². The van der Waals surface area contributed by atoms with Crippen molar-refractivity contribution in [2.45, 2.75) is 61.9 Å². The van der Waals surface area contributed by atoms with E-state index in [1.165, 1.54) is 31.2 Å². The predicted octanol–water partition coefficient (Wildman–Crippen LogP) is 6.12. The standard InChI is InChI=1S/C27H28Cl2F3NO5S/c1-25(14-23(34)35)12-21(16-3-2-4-20(29)11-16)22(33-24(25)36)13-26(17-5-6-17,18-7-9-19(28)10-8-18)39(37,38)15-27(30,31)32/h2-4,7-11,17,21-22H,5-6,12-15H2,1H3,(H,33,36)(H,34,35)/t21-,22+,25+,26+/m1/s1. The minimum atomic E-state index is -4.98. The van der Waals surface area contributed by atoms with Crippen molar-refractivity contribution in [2.75, 3.05) is 5.75 Å². The number of halogens is 5. The second-order valence-corrected chi connectivity index (χ2v) is 13.9. The highest BCUT2D eigenvalue weighted by molar-refractivity contribution is 7.92. The van der Waals surface area contributed by atoms with Gasteiger partial charge >= 0.3 is 12.1 Å². The monoisotopic (exact) mass is 605 g/mol. The molecule has 1 amide bonds. The third-order valence-electron chi connectivity index (χ3n) is 7.84. The average molecular weight is 606 g/mol. The number of hydrogen-bond acceptors (Lipinski definition) is 4. The quantitative estimate of drug-likeness (QED) is 0.359. The van der Waals surface area contributed by atoms with Crippen LogP contribution in [-0.4, -0.2) is 43.4 Å². The first-order valence-corrected chi connectivity index (χ1v) is 14.8. The molecule has 1 aliphatic carbocycles. The number of benzene rings is 2. The van der Waals surface area contributed by atoms with Gasteiger partial charge in [-0.2, -0.15) is 13.2 Å². The molecule has 2 aromatic rings. The van der Waals surface area contributed by atoms with Crippen molar-refractivity contribution < 1.29 is 36.3 Å². The number of piperidine rings is 1. The van der Waals surface area contributed by atoms with Gasteiger partial charge in [-0.25, -0.2) is 8.42 Å². The summed E-state index contributed by atoms with van der Waals surface area (Å²) in [6.45, 7) is 1.51. The molecule has 0 bridgehead atoms. The zero-order valence-electron chi connectivity index (χ0n) is 21.0. The molecule has 4 atom stereocenters. The Hall–Kier alpha value is -2.30. The molecule has 2 aromatic carbocycles. The fraction of sp³-hybridized carbons (Fsp3) is 0.481. The molecular weight excluding hydrogens is 578 g/mol. The van der Waals surface area contributed by atoms with E-state index in [2.05, 4.69) is 5.32 Å². The number of alkyl halides is 3. The largest absolute Gasteiger partial charge is 0.481 e. The summed E-state index contributed by atoms with van der Waals surface area (Å²) in [5.74, 6) is -5.01. The van der Waals surface area contributed by atoms with E-state index in [0.29, 0.717) is 28.5 Å². The molecule has 4 rings (SSSR count). The molecule has 39 heavy (non-hydrogen) atoms. The Bertz CT molecular complexity index is 1360. The van der Waals surface area contributed by atoms with Crippen LogP contribution in [0.1, 0.15) is 56.1 Å².